The van der Waals surface area contributed by atoms with E-state index < -0.39 is 12.0 Å². The Hall–Kier alpha value is -2.82. The lowest BCUT2D eigenvalue weighted by Crippen LogP contribution is -2.43. The Morgan fingerprint density at radius 1 is 0.844 bits per heavy atom. The van der Waals surface area contributed by atoms with Crippen LogP contribution >= 0.6 is 0 Å². The predicted octanol–water partition coefficient (Wildman–Crippen LogP) is 5.61. The van der Waals surface area contributed by atoms with Gasteiger partial charge in [-0.2, -0.15) is 0 Å². The van der Waals surface area contributed by atoms with E-state index >= 15 is 0 Å². The first-order chi connectivity index (χ1) is 15.6. The summed E-state index contributed by atoms with van der Waals surface area (Å²) in [5.74, 6) is 0.231. The van der Waals surface area contributed by atoms with Gasteiger partial charge in [0.2, 0.25) is 5.91 Å². The largest absolute Gasteiger partial charge is 0.489 e. The summed E-state index contributed by atoms with van der Waals surface area (Å²) in [6.07, 6.45) is 8.88. The summed E-state index contributed by atoms with van der Waals surface area (Å²) >= 11 is 0. The van der Waals surface area contributed by atoms with Crippen molar-refractivity contribution in [2.24, 2.45) is 0 Å². The number of carbonyl (C=O) groups excluding carboxylic acids is 2. The Morgan fingerprint density at radius 2 is 1.50 bits per heavy atom. The smallest absolute Gasteiger partial charge is 0.328 e. The number of benzene rings is 2. The Kier molecular flexibility index (Phi) is 12.0. The van der Waals surface area contributed by atoms with Crippen molar-refractivity contribution in [3.05, 3.63) is 65.7 Å². The Bertz CT molecular complexity index is 789. The zero-order valence-electron chi connectivity index (χ0n) is 19.5. The number of hydrogen-bond donors (Lipinski definition) is 1. The lowest BCUT2D eigenvalue weighted by atomic mass is 10.0. The topological polar surface area (TPSA) is 64.6 Å². The minimum atomic E-state index is -0.687. The second-order valence-electron chi connectivity index (χ2n) is 8.14. The van der Waals surface area contributed by atoms with Crippen molar-refractivity contribution >= 4 is 11.9 Å². The first kappa shape index (κ1) is 25.4. The molecule has 0 aliphatic rings. The first-order valence-electron chi connectivity index (χ1n) is 11.7. The first-order valence-corrected chi connectivity index (χ1v) is 11.7. The molecule has 0 fully saturated rings. The highest BCUT2D eigenvalue weighted by atomic mass is 16.5. The molecule has 174 valence electrons. The van der Waals surface area contributed by atoms with Crippen LogP contribution in [0.4, 0.5) is 0 Å². The Morgan fingerprint density at radius 3 is 2.16 bits per heavy atom. The van der Waals surface area contributed by atoms with E-state index in [1.807, 2.05) is 54.6 Å². The molecule has 0 aliphatic carbocycles. The van der Waals surface area contributed by atoms with Gasteiger partial charge >= 0.3 is 5.97 Å². The van der Waals surface area contributed by atoms with E-state index in [0.29, 0.717) is 19.4 Å². The van der Waals surface area contributed by atoms with Gasteiger partial charge < -0.3 is 14.8 Å². The van der Waals surface area contributed by atoms with Crippen molar-refractivity contribution in [1.82, 2.24) is 5.32 Å². The molecule has 32 heavy (non-hydrogen) atoms. The van der Waals surface area contributed by atoms with Crippen molar-refractivity contribution in [2.75, 3.05) is 7.11 Å². The molecule has 1 N–H and O–H groups in total. The molecule has 1 atom stereocenters. The molecule has 0 unspecified atom stereocenters. The molecule has 0 saturated heterocycles. The van der Waals surface area contributed by atoms with Gasteiger partial charge in [0.05, 0.1) is 7.11 Å². The third-order valence-corrected chi connectivity index (χ3v) is 5.44. The second kappa shape index (κ2) is 15.1. The van der Waals surface area contributed by atoms with Gasteiger partial charge in [0.25, 0.3) is 0 Å². The number of carbonyl (C=O) groups is 2. The fraction of sp³-hybridized carbons (Fsp3) is 0.481. The average molecular weight is 440 g/mol. The quantitative estimate of drug-likeness (QED) is 0.289. The van der Waals surface area contributed by atoms with Crippen LogP contribution in [0.3, 0.4) is 0 Å². The molecule has 2 rings (SSSR count). The van der Waals surface area contributed by atoms with Gasteiger partial charge in [0, 0.05) is 12.8 Å². The molecule has 5 nitrogen and oxygen atoms in total. The number of nitrogens with one attached hydrogen (secondary N) is 1. The SMILES string of the molecule is CCCCCCCCCC(=O)N[C@@H](Cc1ccc(OCc2ccccc2)cc1)C(=O)OC. The Labute approximate surface area is 192 Å². The van der Waals surface area contributed by atoms with Crippen LogP contribution in [0.25, 0.3) is 0 Å². The van der Waals surface area contributed by atoms with Crippen LogP contribution in [0.15, 0.2) is 54.6 Å². The maximum absolute atomic E-state index is 12.3. The van der Waals surface area contributed by atoms with Gasteiger partial charge in [-0.25, -0.2) is 4.79 Å². The van der Waals surface area contributed by atoms with Crippen molar-refractivity contribution in [3.8, 4) is 5.75 Å². The van der Waals surface area contributed by atoms with Crippen LogP contribution in [0.5, 0.6) is 5.75 Å². The molecule has 0 aromatic heterocycles. The molecule has 2 aromatic rings. The van der Waals surface area contributed by atoms with E-state index in [9.17, 15) is 9.59 Å². The van der Waals surface area contributed by atoms with E-state index in [-0.39, 0.29) is 5.91 Å². The molecule has 0 bridgehead atoms. The molecular weight excluding hydrogens is 402 g/mol. The summed E-state index contributed by atoms with van der Waals surface area (Å²) in [6, 6.07) is 16.9. The summed E-state index contributed by atoms with van der Waals surface area (Å²) in [6.45, 7) is 2.70. The zero-order chi connectivity index (χ0) is 23.0. The van der Waals surface area contributed by atoms with Gasteiger partial charge in [0.15, 0.2) is 0 Å². The average Bonchev–Trinajstić information content (AvgIpc) is 2.82. The number of esters is 1. The van der Waals surface area contributed by atoms with E-state index in [0.717, 1.165) is 36.1 Å². The second-order valence-corrected chi connectivity index (χ2v) is 8.14. The lowest BCUT2D eigenvalue weighted by Gasteiger charge is -2.17. The molecule has 5 heteroatoms. The maximum Gasteiger partial charge on any atom is 0.328 e. The van der Waals surface area contributed by atoms with E-state index in [1.165, 1.54) is 32.8 Å². The summed E-state index contributed by atoms with van der Waals surface area (Å²) in [4.78, 5) is 24.5. The fourth-order valence-electron chi connectivity index (χ4n) is 3.54. The third-order valence-electron chi connectivity index (χ3n) is 5.44. The summed E-state index contributed by atoms with van der Waals surface area (Å²) < 4.78 is 10.7. The van der Waals surface area contributed by atoms with Crippen molar-refractivity contribution in [3.63, 3.8) is 0 Å². The number of ether oxygens (including phenoxy) is 2. The highest BCUT2D eigenvalue weighted by Gasteiger charge is 2.21. The molecule has 1 amide bonds. The standard InChI is InChI=1S/C27H37NO4/c1-3-4-5-6-7-8-12-15-26(29)28-25(27(30)31-2)20-22-16-18-24(19-17-22)32-21-23-13-10-9-11-14-23/h9-11,13-14,16-19,25H,3-8,12,15,20-21H2,1-2H3,(H,28,29)/t25-/m0/s1. The monoisotopic (exact) mass is 439 g/mol. The van der Waals surface area contributed by atoms with Crippen LogP contribution in [0.2, 0.25) is 0 Å². The van der Waals surface area contributed by atoms with Gasteiger partial charge in [-0.1, -0.05) is 87.9 Å². The lowest BCUT2D eigenvalue weighted by molar-refractivity contribution is -0.145. The zero-order valence-corrected chi connectivity index (χ0v) is 19.5. The van der Waals surface area contributed by atoms with Crippen molar-refractivity contribution < 1.29 is 19.1 Å². The molecule has 0 spiro atoms. The summed E-state index contributed by atoms with van der Waals surface area (Å²) in [5.41, 5.74) is 2.04. The highest BCUT2D eigenvalue weighted by Crippen LogP contribution is 2.16. The van der Waals surface area contributed by atoms with E-state index in [1.54, 1.807) is 0 Å². The number of amides is 1. The number of unbranched alkanes of at least 4 members (excludes halogenated alkanes) is 6. The summed E-state index contributed by atoms with van der Waals surface area (Å²) in [5, 5.41) is 2.84. The van der Waals surface area contributed by atoms with Crippen molar-refractivity contribution in [2.45, 2.75) is 77.4 Å². The third kappa shape index (κ3) is 9.99. The van der Waals surface area contributed by atoms with Crippen LogP contribution < -0.4 is 10.1 Å². The van der Waals surface area contributed by atoms with E-state index in [2.05, 4.69) is 12.2 Å². The minimum Gasteiger partial charge on any atom is -0.489 e. The maximum atomic E-state index is 12.3. The molecule has 2 aromatic carbocycles. The minimum absolute atomic E-state index is 0.100. The summed E-state index contributed by atoms with van der Waals surface area (Å²) in [7, 11) is 1.35. The number of methoxy groups -OCH3 is 1. The molecule has 0 heterocycles. The van der Waals surface area contributed by atoms with Gasteiger partial charge in [-0.3, -0.25) is 4.79 Å². The Balaban J connectivity index is 1.78. The van der Waals surface area contributed by atoms with Crippen molar-refractivity contribution in [1.29, 1.82) is 0 Å². The normalized spacial score (nSPS) is 11.6. The number of rotatable bonds is 15. The van der Waals surface area contributed by atoms with Crippen LogP contribution in [-0.4, -0.2) is 25.0 Å². The molecule has 0 radical (unpaired) electrons. The highest BCUT2D eigenvalue weighted by molar-refractivity contribution is 5.84. The van der Waals surface area contributed by atoms with Gasteiger partial charge in [-0.15, -0.1) is 0 Å². The number of hydrogen-bond acceptors (Lipinski definition) is 4. The van der Waals surface area contributed by atoms with Crippen LogP contribution in [0.1, 0.15) is 69.4 Å². The molecule has 0 saturated carbocycles. The van der Waals surface area contributed by atoms with Gasteiger partial charge in [-0.05, 0) is 29.7 Å². The van der Waals surface area contributed by atoms with Crippen LogP contribution in [-0.2, 0) is 27.4 Å². The van der Waals surface area contributed by atoms with Gasteiger partial charge in [0.1, 0.15) is 18.4 Å². The van der Waals surface area contributed by atoms with Crippen LogP contribution in [0, 0.1) is 0 Å². The molecular formula is C27H37NO4. The fourth-order valence-corrected chi connectivity index (χ4v) is 3.54. The van der Waals surface area contributed by atoms with E-state index in [4.69, 9.17) is 9.47 Å². The molecule has 0 aliphatic heterocycles. The predicted molar refractivity (Wildman–Crippen MR) is 127 cm³/mol.